The van der Waals surface area contributed by atoms with E-state index in [9.17, 15) is 4.79 Å². The average molecular weight is 332 g/mol. The molecule has 0 bridgehead atoms. The Morgan fingerprint density at radius 2 is 2.39 bits per heavy atom. The van der Waals surface area contributed by atoms with E-state index in [1.54, 1.807) is 12.1 Å². The zero-order valence-electron chi connectivity index (χ0n) is 9.67. The fourth-order valence-electron chi connectivity index (χ4n) is 1.31. The van der Waals surface area contributed by atoms with Crippen LogP contribution in [0.25, 0.3) is 0 Å². The van der Waals surface area contributed by atoms with Gasteiger partial charge >= 0.3 is 0 Å². The molecule has 1 rings (SSSR count). The molecule has 0 fully saturated rings. The first kappa shape index (κ1) is 14.8. The Bertz CT molecular complexity index is 500. The highest BCUT2D eigenvalue weighted by molar-refractivity contribution is 9.10. The third-order valence-corrected chi connectivity index (χ3v) is 2.95. The molecule has 0 spiro atoms. The second kappa shape index (κ2) is 6.64. The molecule has 4 nitrogen and oxygen atoms in total. The highest BCUT2D eigenvalue weighted by atomic mass is 79.9. The molecule has 0 radical (unpaired) electrons. The molecule has 18 heavy (non-hydrogen) atoms. The lowest BCUT2D eigenvalue weighted by Crippen LogP contribution is -2.35. The van der Waals surface area contributed by atoms with Gasteiger partial charge in [0.2, 0.25) is 5.91 Å². The molecule has 6 heteroatoms. The van der Waals surface area contributed by atoms with Crippen LogP contribution in [0.4, 0.5) is 5.69 Å². The summed E-state index contributed by atoms with van der Waals surface area (Å²) in [4.78, 5) is 11.7. The van der Waals surface area contributed by atoms with Crippen molar-refractivity contribution in [1.82, 2.24) is 0 Å². The van der Waals surface area contributed by atoms with Crippen molar-refractivity contribution >= 4 is 39.1 Å². The monoisotopic (exact) mass is 330 g/mol. The largest absolute Gasteiger partial charge is 0.493 e. The van der Waals surface area contributed by atoms with Crippen molar-refractivity contribution in [3.63, 3.8) is 0 Å². The number of benzene rings is 1. The molecule has 1 amide bonds. The summed E-state index contributed by atoms with van der Waals surface area (Å²) in [6.07, 6.45) is 5.26. The number of hydrogen-bond donors (Lipinski definition) is 2. The number of nitrogens with one attached hydrogen (secondary N) is 1. The number of hydrogen-bond acceptors (Lipinski definition) is 3. The van der Waals surface area contributed by atoms with Crippen LogP contribution in [0.2, 0.25) is 5.02 Å². The standard InChI is InChI=1S/C12H12BrClN2O2/c1-3-4-9(15)12(17)16-10-6-7(14)5-8(13)11(10)18-2/h1,5-6,9H,4,15H2,2H3,(H,16,17). The summed E-state index contributed by atoms with van der Waals surface area (Å²) in [6.45, 7) is 0. The predicted octanol–water partition coefficient (Wildman–Crippen LogP) is 2.40. The molecule has 1 atom stereocenters. The van der Waals surface area contributed by atoms with Crippen molar-refractivity contribution < 1.29 is 9.53 Å². The van der Waals surface area contributed by atoms with E-state index in [0.717, 1.165) is 0 Å². The molecule has 3 N–H and O–H groups in total. The molecular weight excluding hydrogens is 320 g/mol. The van der Waals surface area contributed by atoms with E-state index in [1.165, 1.54) is 7.11 Å². The van der Waals surface area contributed by atoms with Crippen molar-refractivity contribution in [2.24, 2.45) is 5.73 Å². The predicted molar refractivity (Wildman–Crippen MR) is 75.8 cm³/mol. The smallest absolute Gasteiger partial charge is 0.242 e. The van der Waals surface area contributed by atoms with Crippen LogP contribution in [-0.4, -0.2) is 19.1 Å². The first-order valence-electron chi connectivity index (χ1n) is 5.02. The topological polar surface area (TPSA) is 64.4 Å². The zero-order valence-corrected chi connectivity index (χ0v) is 12.0. The minimum Gasteiger partial charge on any atom is -0.493 e. The van der Waals surface area contributed by atoms with Gasteiger partial charge in [-0.3, -0.25) is 4.79 Å². The van der Waals surface area contributed by atoms with Gasteiger partial charge in [-0.05, 0) is 28.1 Å². The van der Waals surface area contributed by atoms with E-state index in [2.05, 4.69) is 27.2 Å². The Morgan fingerprint density at radius 3 is 2.94 bits per heavy atom. The van der Waals surface area contributed by atoms with Crippen molar-refractivity contribution in [2.75, 3.05) is 12.4 Å². The summed E-state index contributed by atoms with van der Waals surface area (Å²) in [6, 6.07) is 2.47. The lowest BCUT2D eigenvalue weighted by molar-refractivity contribution is -0.117. The number of carbonyl (C=O) groups is 1. The summed E-state index contributed by atoms with van der Waals surface area (Å²) in [5.41, 5.74) is 6.04. The molecule has 96 valence electrons. The molecule has 0 saturated heterocycles. The second-order valence-corrected chi connectivity index (χ2v) is 4.76. The van der Waals surface area contributed by atoms with Gasteiger partial charge in [-0.1, -0.05) is 11.6 Å². The van der Waals surface area contributed by atoms with Crippen LogP contribution < -0.4 is 15.8 Å². The Balaban J connectivity index is 2.97. The fourth-order valence-corrected chi connectivity index (χ4v) is 2.28. The first-order chi connectivity index (χ1) is 8.49. The van der Waals surface area contributed by atoms with Gasteiger partial charge in [0.15, 0.2) is 5.75 Å². The van der Waals surface area contributed by atoms with Gasteiger partial charge in [0.25, 0.3) is 0 Å². The lowest BCUT2D eigenvalue weighted by atomic mass is 10.2. The number of halogens is 2. The molecule has 0 aliphatic heterocycles. The van der Waals surface area contributed by atoms with Crippen molar-refractivity contribution in [1.29, 1.82) is 0 Å². The van der Waals surface area contributed by atoms with E-state index in [4.69, 9.17) is 28.5 Å². The first-order valence-corrected chi connectivity index (χ1v) is 6.19. The van der Waals surface area contributed by atoms with Crippen LogP contribution in [0.1, 0.15) is 6.42 Å². The van der Waals surface area contributed by atoms with Gasteiger partial charge in [-0.15, -0.1) is 12.3 Å². The number of amides is 1. The second-order valence-electron chi connectivity index (χ2n) is 3.47. The van der Waals surface area contributed by atoms with Crippen LogP contribution in [0.5, 0.6) is 5.75 Å². The van der Waals surface area contributed by atoms with Gasteiger partial charge in [-0.25, -0.2) is 0 Å². The Kier molecular flexibility index (Phi) is 5.48. The van der Waals surface area contributed by atoms with Gasteiger partial charge in [0, 0.05) is 11.4 Å². The third kappa shape index (κ3) is 3.64. The molecule has 1 aromatic carbocycles. The highest BCUT2D eigenvalue weighted by Crippen LogP contribution is 2.36. The molecule has 1 aromatic rings. The number of carbonyl (C=O) groups excluding carboxylic acids is 1. The fraction of sp³-hybridized carbons (Fsp3) is 0.250. The zero-order chi connectivity index (χ0) is 13.7. The molecule has 0 saturated carbocycles. The molecule has 0 heterocycles. The quantitative estimate of drug-likeness (QED) is 0.833. The summed E-state index contributed by atoms with van der Waals surface area (Å²) < 4.78 is 5.81. The van der Waals surface area contributed by atoms with Crippen molar-refractivity contribution in [3.8, 4) is 18.1 Å². The average Bonchev–Trinajstić information content (AvgIpc) is 2.28. The maximum atomic E-state index is 11.7. The molecule has 0 aliphatic rings. The van der Waals surface area contributed by atoms with Gasteiger partial charge < -0.3 is 15.8 Å². The molecule has 0 aliphatic carbocycles. The Hall–Kier alpha value is -1.22. The van der Waals surface area contributed by atoms with Crippen LogP contribution >= 0.6 is 27.5 Å². The van der Waals surface area contributed by atoms with E-state index < -0.39 is 6.04 Å². The van der Waals surface area contributed by atoms with E-state index >= 15 is 0 Å². The maximum Gasteiger partial charge on any atom is 0.242 e. The van der Waals surface area contributed by atoms with Gasteiger partial charge in [0.1, 0.15) is 0 Å². The van der Waals surface area contributed by atoms with Crippen molar-refractivity contribution in [2.45, 2.75) is 12.5 Å². The Labute approximate surface area is 119 Å². The van der Waals surface area contributed by atoms with E-state index in [1.807, 2.05) is 0 Å². The van der Waals surface area contributed by atoms with E-state index in [0.29, 0.717) is 20.9 Å². The van der Waals surface area contributed by atoms with Crippen molar-refractivity contribution in [3.05, 3.63) is 21.6 Å². The number of terminal acetylenes is 1. The lowest BCUT2D eigenvalue weighted by Gasteiger charge is -2.14. The normalized spacial score (nSPS) is 11.5. The Morgan fingerprint density at radius 1 is 1.72 bits per heavy atom. The number of methoxy groups -OCH3 is 1. The van der Waals surface area contributed by atoms with Crippen LogP contribution in [0.15, 0.2) is 16.6 Å². The summed E-state index contributed by atoms with van der Waals surface area (Å²) in [5.74, 6) is 2.42. The number of nitrogens with two attached hydrogens (primary N) is 1. The molecular formula is C12H12BrClN2O2. The third-order valence-electron chi connectivity index (χ3n) is 2.14. The summed E-state index contributed by atoms with van der Waals surface area (Å²) >= 11 is 9.19. The number of anilines is 1. The van der Waals surface area contributed by atoms with Crippen LogP contribution in [0, 0.1) is 12.3 Å². The highest BCUT2D eigenvalue weighted by Gasteiger charge is 2.16. The van der Waals surface area contributed by atoms with Crippen LogP contribution in [-0.2, 0) is 4.79 Å². The minimum atomic E-state index is -0.766. The maximum absolute atomic E-state index is 11.7. The van der Waals surface area contributed by atoms with E-state index in [-0.39, 0.29) is 12.3 Å². The van der Waals surface area contributed by atoms with Crippen LogP contribution in [0.3, 0.4) is 0 Å². The number of ether oxygens (including phenoxy) is 1. The number of rotatable bonds is 4. The van der Waals surface area contributed by atoms with Gasteiger partial charge in [-0.2, -0.15) is 0 Å². The molecule has 1 unspecified atom stereocenters. The summed E-state index contributed by atoms with van der Waals surface area (Å²) in [5, 5.41) is 3.09. The SMILES string of the molecule is C#CCC(N)C(=O)Nc1cc(Cl)cc(Br)c1OC. The minimum absolute atomic E-state index is 0.163. The molecule has 0 aromatic heterocycles. The summed E-state index contributed by atoms with van der Waals surface area (Å²) in [7, 11) is 1.49. The van der Waals surface area contributed by atoms with Gasteiger partial charge in [0.05, 0.1) is 23.3 Å².